The number of aromatic amines is 2. The molecule has 88 heavy (non-hydrogen) atoms. The van der Waals surface area contributed by atoms with Gasteiger partial charge in [0.1, 0.15) is 54.1 Å². The number of aliphatic imine (C=N–C) groups is 1. The number of likely N-dealkylation sites (N-methyl/N-ethyl adjacent to an activating group) is 1. The van der Waals surface area contributed by atoms with Crippen molar-refractivity contribution in [3.8, 4) is 5.75 Å². The lowest BCUT2D eigenvalue weighted by Gasteiger charge is -2.31. The van der Waals surface area contributed by atoms with Gasteiger partial charge in [-0.25, -0.2) is 4.98 Å². The highest BCUT2D eigenvalue weighted by atomic mass is 16.3. The third-order valence-electron chi connectivity index (χ3n) is 14.6. The van der Waals surface area contributed by atoms with Crippen LogP contribution in [-0.2, 0) is 67.2 Å². The van der Waals surface area contributed by atoms with E-state index in [-0.39, 0.29) is 100 Å². The molecule has 3 heterocycles. The number of aliphatic hydroxyl groups is 1. The number of hydrogen-bond acceptors (Lipinski definition) is 15. The summed E-state index contributed by atoms with van der Waals surface area (Å²) in [5.41, 5.74) is 24.5. The molecule has 1 fully saturated rings. The predicted molar refractivity (Wildman–Crippen MR) is 325 cm³/mol. The molecule has 480 valence electrons. The van der Waals surface area contributed by atoms with Gasteiger partial charge < -0.3 is 90.5 Å². The number of fused-ring (bicyclic) bond motifs is 1. The van der Waals surface area contributed by atoms with Gasteiger partial charge in [0, 0.05) is 74.3 Å². The molecule has 0 saturated carbocycles. The zero-order valence-electron chi connectivity index (χ0n) is 50.4. The summed E-state index contributed by atoms with van der Waals surface area (Å²) in [6.07, 6.45) is 4.95. The molecule has 0 radical (unpaired) electrons. The number of phenolic OH excluding ortho intramolecular Hbond substituents is 1. The molecule has 0 spiro atoms. The van der Waals surface area contributed by atoms with Crippen LogP contribution in [0.2, 0.25) is 0 Å². The number of phenols is 1. The molecule has 1 aliphatic heterocycles. The molecule has 9 atom stereocenters. The molecular formula is C59H87N17O12. The number of amides is 10. The highest BCUT2D eigenvalue weighted by Gasteiger charge is 2.40. The van der Waals surface area contributed by atoms with Gasteiger partial charge in [-0.15, -0.1) is 0 Å². The number of primary amides is 1. The molecule has 10 amide bonds. The molecule has 29 heteroatoms. The number of nitrogens with one attached hydrogen (secondary N) is 10. The second-order valence-corrected chi connectivity index (χ2v) is 22.7. The van der Waals surface area contributed by atoms with Crippen LogP contribution >= 0.6 is 0 Å². The highest BCUT2D eigenvalue weighted by molar-refractivity contribution is 5.99. The molecule has 0 unspecified atom stereocenters. The van der Waals surface area contributed by atoms with Crippen LogP contribution in [0.4, 0.5) is 0 Å². The Morgan fingerprint density at radius 1 is 0.682 bits per heavy atom. The fourth-order valence-corrected chi connectivity index (χ4v) is 10.1. The lowest BCUT2D eigenvalue weighted by atomic mass is 9.98. The molecule has 0 bridgehead atoms. The van der Waals surface area contributed by atoms with E-state index in [0.717, 1.165) is 0 Å². The minimum Gasteiger partial charge on any atom is -0.508 e. The van der Waals surface area contributed by atoms with Crippen LogP contribution in [0.5, 0.6) is 5.75 Å². The van der Waals surface area contributed by atoms with Crippen molar-refractivity contribution >= 4 is 75.9 Å². The Labute approximate surface area is 510 Å². The number of nitrogens with zero attached hydrogens (tertiary/aromatic N) is 3. The standard InChI is InChI=1S/C59H87N17O12/c1-6-65-57(87)48-14-10-22-76(48)58(88)41(13-9-21-66-59(62)63)69-51(81)42(23-32(2)3)71-52(82)43(24-33(4)5)72-53(83)44(25-34-15-17-37(78)18-16-34)73-56(86)47(30-77)75-54(84)45(26-35-28-67-40-12-8-7-11-38(35)40)74-55(85)46(27-36-29-64-31-68-36)70-50(80)39(60)19-20-49(61)79/h7-8,11-12,15-18,28-29,31-33,39,41-48,67,77-78H,6,9-10,13-14,19-27,30,60H2,1-5H3,(H2,61,79)(H,64,68)(H,65,87)(H,69,81)(H,70,80)(H,71,82)(H,72,83)(H,73,86)(H,74,85)(H,75,84)(H4,62,63,66)/t39-,41-,42-,43+,44-,45-,46-,47-,48-/m0/s1. The molecular weight excluding hydrogens is 1140 g/mol. The summed E-state index contributed by atoms with van der Waals surface area (Å²) < 4.78 is 0. The molecule has 0 aliphatic carbocycles. The van der Waals surface area contributed by atoms with E-state index in [0.29, 0.717) is 47.1 Å². The minimum absolute atomic E-state index is 0.0307. The van der Waals surface area contributed by atoms with Gasteiger partial charge in [0.15, 0.2) is 5.96 Å². The summed E-state index contributed by atoms with van der Waals surface area (Å²) in [4.78, 5) is 154. The SMILES string of the molecule is CCNC(=O)[C@@H]1CCCN1C(=O)[C@H](CCCN=C(N)N)NC(=O)[C@H](CC(C)C)NC(=O)[C@@H](CC(C)C)NC(=O)[C@H](Cc1ccc(O)cc1)NC(=O)[C@H](CO)NC(=O)[C@H](Cc1c[nH]c2ccccc12)NC(=O)[C@H](Cc1cnc[nH]1)NC(=O)[C@@H](N)CCC(N)=O. The number of imidazole rings is 1. The number of aromatic hydroxyl groups is 1. The molecule has 2 aromatic carbocycles. The maximum absolute atomic E-state index is 14.7. The Balaban J connectivity index is 1.40. The number of hydrogen-bond donors (Lipinski definition) is 16. The lowest BCUT2D eigenvalue weighted by Crippen LogP contribution is -2.61. The van der Waals surface area contributed by atoms with Gasteiger partial charge in [0.05, 0.1) is 19.0 Å². The quantitative estimate of drug-likeness (QED) is 0.0133. The zero-order chi connectivity index (χ0) is 64.6. The number of rotatable bonds is 35. The van der Waals surface area contributed by atoms with Gasteiger partial charge in [-0.2, -0.15) is 0 Å². The van der Waals surface area contributed by atoms with Gasteiger partial charge >= 0.3 is 0 Å². The Morgan fingerprint density at radius 3 is 1.80 bits per heavy atom. The molecule has 2 aromatic heterocycles. The van der Waals surface area contributed by atoms with Crippen LogP contribution in [0.1, 0.15) is 103 Å². The second kappa shape index (κ2) is 34.3. The van der Waals surface area contributed by atoms with Crippen LogP contribution in [0.15, 0.2) is 72.2 Å². The first-order valence-corrected chi connectivity index (χ1v) is 29.6. The first-order chi connectivity index (χ1) is 41.9. The van der Waals surface area contributed by atoms with E-state index >= 15 is 0 Å². The number of likely N-dealkylation sites (tertiary alicyclic amines) is 1. The van der Waals surface area contributed by atoms with Crippen LogP contribution in [-0.4, -0.2) is 176 Å². The van der Waals surface area contributed by atoms with Crippen molar-refractivity contribution in [3.63, 3.8) is 0 Å². The fourth-order valence-electron chi connectivity index (χ4n) is 10.1. The summed E-state index contributed by atoms with van der Waals surface area (Å²) in [7, 11) is 0. The van der Waals surface area contributed by atoms with Crippen molar-refractivity contribution in [2.24, 2.45) is 39.8 Å². The van der Waals surface area contributed by atoms with E-state index in [2.05, 4.69) is 62.5 Å². The number of aliphatic hydroxyl groups excluding tert-OH is 1. The van der Waals surface area contributed by atoms with E-state index < -0.39 is 114 Å². The van der Waals surface area contributed by atoms with Crippen molar-refractivity contribution in [1.29, 1.82) is 0 Å². The third-order valence-corrected chi connectivity index (χ3v) is 14.6. The van der Waals surface area contributed by atoms with E-state index in [4.69, 9.17) is 22.9 Å². The lowest BCUT2D eigenvalue weighted by molar-refractivity contribution is -0.142. The second-order valence-electron chi connectivity index (χ2n) is 22.7. The smallest absolute Gasteiger partial charge is 0.245 e. The first-order valence-electron chi connectivity index (χ1n) is 29.6. The summed E-state index contributed by atoms with van der Waals surface area (Å²) in [6.45, 7) is 8.76. The van der Waals surface area contributed by atoms with E-state index in [1.165, 1.54) is 41.7 Å². The largest absolute Gasteiger partial charge is 0.508 e. The van der Waals surface area contributed by atoms with Crippen LogP contribution in [0.3, 0.4) is 0 Å². The van der Waals surface area contributed by atoms with Gasteiger partial charge in [-0.1, -0.05) is 58.0 Å². The number of carbonyl (C=O) groups is 10. The Kier molecular flexibility index (Phi) is 27.1. The monoisotopic (exact) mass is 1230 g/mol. The topological polar surface area (TPSA) is 472 Å². The fraction of sp³-hybridized carbons (Fsp3) is 0.525. The number of nitrogens with two attached hydrogens (primary N) is 4. The normalized spacial score (nSPS) is 15.7. The number of benzene rings is 2. The minimum atomic E-state index is -1.77. The van der Waals surface area contributed by atoms with Gasteiger partial charge in [-0.05, 0) is 93.0 Å². The Morgan fingerprint density at radius 2 is 1.23 bits per heavy atom. The van der Waals surface area contributed by atoms with Crippen molar-refractivity contribution in [3.05, 3.63) is 84.1 Å². The van der Waals surface area contributed by atoms with Gasteiger partial charge in [0.2, 0.25) is 59.1 Å². The summed E-state index contributed by atoms with van der Waals surface area (Å²) in [6, 6.07) is 0.981. The van der Waals surface area contributed by atoms with Crippen molar-refractivity contribution in [2.75, 3.05) is 26.2 Å². The van der Waals surface area contributed by atoms with Gasteiger partial charge in [0.25, 0.3) is 0 Å². The number of para-hydroxylation sites is 1. The number of guanidine groups is 1. The molecule has 29 nitrogen and oxygen atoms in total. The average molecular weight is 1230 g/mol. The van der Waals surface area contributed by atoms with Gasteiger partial charge in [-0.3, -0.25) is 52.9 Å². The van der Waals surface area contributed by atoms with Crippen LogP contribution < -0.4 is 65.5 Å². The van der Waals surface area contributed by atoms with Crippen molar-refractivity contribution in [2.45, 2.75) is 160 Å². The molecule has 20 N–H and O–H groups in total. The van der Waals surface area contributed by atoms with E-state index in [1.807, 2.05) is 13.8 Å². The zero-order valence-corrected chi connectivity index (χ0v) is 50.4. The Bertz CT molecular complexity index is 3040. The predicted octanol–water partition coefficient (Wildman–Crippen LogP) is -2.12. The first kappa shape index (κ1) is 69.6. The molecule has 4 aromatic rings. The van der Waals surface area contributed by atoms with E-state index in [1.54, 1.807) is 51.2 Å². The maximum Gasteiger partial charge on any atom is 0.245 e. The third kappa shape index (κ3) is 21.7. The number of H-pyrrole nitrogens is 2. The number of aromatic nitrogens is 3. The summed E-state index contributed by atoms with van der Waals surface area (Å²) in [5, 5.41) is 43.1. The van der Waals surface area contributed by atoms with E-state index in [9.17, 15) is 58.2 Å². The summed E-state index contributed by atoms with van der Waals surface area (Å²) in [5.74, 6) is -8.24. The van der Waals surface area contributed by atoms with Crippen molar-refractivity contribution < 1.29 is 58.2 Å². The number of carbonyl (C=O) groups excluding carboxylic acids is 10. The van der Waals surface area contributed by atoms with Crippen LogP contribution in [0, 0.1) is 11.8 Å². The average Bonchev–Trinajstić information content (AvgIpc) is 2.26. The molecule has 1 aliphatic rings. The highest BCUT2D eigenvalue weighted by Crippen LogP contribution is 2.22. The van der Waals surface area contributed by atoms with Crippen molar-refractivity contribution in [1.82, 2.24) is 62.4 Å². The summed E-state index contributed by atoms with van der Waals surface area (Å²) >= 11 is 0. The molecule has 1 saturated heterocycles. The maximum atomic E-state index is 14.7. The van der Waals surface area contributed by atoms with Crippen LogP contribution in [0.25, 0.3) is 10.9 Å². The molecule has 5 rings (SSSR count). The Hall–Kier alpha value is -9.12.